The second kappa shape index (κ2) is 4.78. The lowest BCUT2D eigenvalue weighted by Crippen LogP contribution is -2.45. The molecular formula is C12H21N3O. The highest BCUT2D eigenvalue weighted by atomic mass is 16.1. The third-order valence-corrected chi connectivity index (χ3v) is 3.00. The molecule has 1 heterocycles. The molecular weight excluding hydrogens is 202 g/mol. The van der Waals surface area contributed by atoms with Gasteiger partial charge in [0.05, 0.1) is 17.7 Å². The Bertz CT molecular complexity index is 380. The van der Waals surface area contributed by atoms with Crippen LogP contribution >= 0.6 is 0 Å². The minimum Gasteiger partial charge on any atom is -0.319 e. The van der Waals surface area contributed by atoms with Gasteiger partial charge >= 0.3 is 0 Å². The molecule has 0 saturated heterocycles. The van der Waals surface area contributed by atoms with Crippen LogP contribution in [0.1, 0.15) is 38.6 Å². The molecule has 0 amide bonds. The van der Waals surface area contributed by atoms with E-state index >= 15 is 0 Å². The van der Waals surface area contributed by atoms with Crippen LogP contribution < -0.4 is 5.73 Å². The molecule has 1 aromatic rings. The molecule has 2 N–H and O–H groups in total. The molecule has 1 unspecified atom stereocenters. The van der Waals surface area contributed by atoms with Crippen molar-refractivity contribution in [1.29, 1.82) is 0 Å². The number of hydrogen-bond donors (Lipinski definition) is 1. The number of hydrogen-bond acceptors (Lipinski definition) is 3. The van der Waals surface area contributed by atoms with Gasteiger partial charge in [-0.15, -0.1) is 0 Å². The standard InChI is InChI=1S/C12H21N3O/c1-5-12(4,13)11(16)8-10-7-9(3)14-15(10)6-2/h7H,5-6,8,13H2,1-4H3. The van der Waals surface area contributed by atoms with E-state index in [-0.39, 0.29) is 5.78 Å². The van der Waals surface area contributed by atoms with Crippen molar-refractivity contribution in [3.63, 3.8) is 0 Å². The number of rotatable bonds is 5. The Hall–Kier alpha value is -1.16. The average Bonchev–Trinajstić information content (AvgIpc) is 2.58. The maximum atomic E-state index is 12.0. The Balaban J connectivity index is 2.84. The summed E-state index contributed by atoms with van der Waals surface area (Å²) in [5, 5.41) is 4.31. The highest BCUT2D eigenvalue weighted by molar-refractivity contribution is 5.89. The van der Waals surface area contributed by atoms with Crippen LogP contribution in [0, 0.1) is 6.92 Å². The van der Waals surface area contributed by atoms with E-state index < -0.39 is 5.54 Å². The third kappa shape index (κ3) is 2.70. The molecule has 0 spiro atoms. The van der Waals surface area contributed by atoms with Gasteiger partial charge in [0.25, 0.3) is 0 Å². The van der Waals surface area contributed by atoms with E-state index in [1.54, 1.807) is 6.92 Å². The van der Waals surface area contributed by atoms with Gasteiger partial charge in [-0.1, -0.05) is 6.92 Å². The van der Waals surface area contributed by atoms with Gasteiger partial charge in [-0.3, -0.25) is 9.48 Å². The zero-order chi connectivity index (χ0) is 12.3. The number of aromatic nitrogens is 2. The summed E-state index contributed by atoms with van der Waals surface area (Å²) in [7, 11) is 0. The lowest BCUT2D eigenvalue weighted by Gasteiger charge is -2.20. The fourth-order valence-electron chi connectivity index (χ4n) is 1.58. The molecule has 16 heavy (non-hydrogen) atoms. The van der Waals surface area contributed by atoms with Crippen molar-refractivity contribution in [2.75, 3.05) is 0 Å². The van der Waals surface area contributed by atoms with E-state index in [0.29, 0.717) is 12.8 Å². The van der Waals surface area contributed by atoms with Crippen LogP contribution in [0.15, 0.2) is 6.07 Å². The molecule has 0 aromatic carbocycles. The summed E-state index contributed by atoms with van der Waals surface area (Å²) in [6, 6.07) is 1.95. The molecule has 0 aliphatic rings. The zero-order valence-corrected chi connectivity index (χ0v) is 10.6. The normalized spacial score (nSPS) is 14.8. The number of nitrogens with zero attached hydrogens (tertiary/aromatic N) is 2. The predicted molar refractivity (Wildman–Crippen MR) is 64.2 cm³/mol. The fourth-order valence-corrected chi connectivity index (χ4v) is 1.58. The second-order valence-electron chi connectivity index (χ2n) is 4.46. The van der Waals surface area contributed by atoms with Crippen molar-refractivity contribution < 1.29 is 4.79 Å². The van der Waals surface area contributed by atoms with Crippen LogP contribution in [0.25, 0.3) is 0 Å². The van der Waals surface area contributed by atoms with E-state index in [9.17, 15) is 4.79 Å². The van der Waals surface area contributed by atoms with Gasteiger partial charge in [0.2, 0.25) is 0 Å². The lowest BCUT2D eigenvalue weighted by atomic mass is 9.92. The summed E-state index contributed by atoms with van der Waals surface area (Å²) in [5.74, 6) is 0.0737. The number of Topliss-reactive ketones (excluding diaryl/α,β-unsaturated/α-hetero) is 1. The second-order valence-corrected chi connectivity index (χ2v) is 4.46. The van der Waals surface area contributed by atoms with Gasteiger partial charge in [0, 0.05) is 12.2 Å². The molecule has 1 atom stereocenters. The summed E-state index contributed by atoms with van der Waals surface area (Å²) in [4.78, 5) is 12.0. The Morgan fingerprint density at radius 3 is 2.69 bits per heavy atom. The summed E-state index contributed by atoms with van der Waals surface area (Å²) in [6.07, 6.45) is 1.03. The van der Waals surface area contributed by atoms with Crippen molar-refractivity contribution in [3.05, 3.63) is 17.5 Å². The van der Waals surface area contributed by atoms with Gasteiger partial charge in [0.1, 0.15) is 0 Å². The molecule has 90 valence electrons. The number of nitrogens with two attached hydrogens (primary N) is 1. The van der Waals surface area contributed by atoms with Crippen LogP contribution in [0.2, 0.25) is 0 Å². The molecule has 1 aromatic heterocycles. The van der Waals surface area contributed by atoms with Gasteiger partial charge in [0.15, 0.2) is 5.78 Å². The summed E-state index contributed by atoms with van der Waals surface area (Å²) in [5.41, 5.74) is 7.10. The van der Waals surface area contributed by atoms with Crippen LogP contribution in [-0.4, -0.2) is 21.1 Å². The maximum absolute atomic E-state index is 12.0. The first-order chi connectivity index (χ1) is 7.40. The highest BCUT2D eigenvalue weighted by Gasteiger charge is 2.26. The molecule has 0 saturated carbocycles. The average molecular weight is 223 g/mol. The first-order valence-corrected chi connectivity index (χ1v) is 5.76. The maximum Gasteiger partial charge on any atom is 0.158 e. The van der Waals surface area contributed by atoms with E-state index in [2.05, 4.69) is 5.10 Å². The van der Waals surface area contributed by atoms with E-state index in [1.165, 1.54) is 0 Å². The lowest BCUT2D eigenvalue weighted by molar-refractivity contribution is -0.123. The summed E-state index contributed by atoms with van der Waals surface area (Å²) in [6.45, 7) is 8.45. The highest BCUT2D eigenvalue weighted by Crippen LogP contribution is 2.12. The van der Waals surface area contributed by atoms with Gasteiger partial charge in [-0.25, -0.2) is 0 Å². The van der Waals surface area contributed by atoms with Crippen LogP contribution in [0.4, 0.5) is 0 Å². The van der Waals surface area contributed by atoms with Crippen molar-refractivity contribution in [1.82, 2.24) is 9.78 Å². The van der Waals surface area contributed by atoms with Crippen molar-refractivity contribution in [3.8, 4) is 0 Å². The first kappa shape index (κ1) is 12.9. The summed E-state index contributed by atoms with van der Waals surface area (Å²) >= 11 is 0. The topological polar surface area (TPSA) is 60.9 Å². The van der Waals surface area contributed by atoms with Crippen LogP contribution in [0.3, 0.4) is 0 Å². The molecule has 4 heteroatoms. The van der Waals surface area contributed by atoms with Crippen LogP contribution in [0.5, 0.6) is 0 Å². The molecule has 0 radical (unpaired) electrons. The predicted octanol–water partition coefficient (Wildman–Crippen LogP) is 1.45. The number of carbonyl (C=O) groups is 1. The Morgan fingerprint density at radius 1 is 1.56 bits per heavy atom. The number of ketones is 1. The van der Waals surface area contributed by atoms with Crippen molar-refractivity contribution in [2.24, 2.45) is 5.73 Å². The van der Waals surface area contributed by atoms with E-state index in [0.717, 1.165) is 17.9 Å². The number of carbonyl (C=O) groups excluding carboxylic acids is 1. The minimum atomic E-state index is -0.725. The van der Waals surface area contributed by atoms with Crippen LogP contribution in [-0.2, 0) is 17.8 Å². The Labute approximate surface area is 96.8 Å². The minimum absolute atomic E-state index is 0.0737. The van der Waals surface area contributed by atoms with E-state index in [4.69, 9.17) is 5.73 Å². The van der Waals surface area contributed by atoms with E-state index in [1.807, 2.05) is 31.5 Å². The monoisotopic (exact) mass is 223 g/mol. The third-order valence-electron chi connectivity index (χ3n) is 3.00. The smallest absolute Gasteiger partial charge is 0.158 e. The number of aryl methyl sites for hydroxylation is 2. The largest absolute Gasteiger partial charge is 0.319 e. The van der Waals surface area contributed by atoms with Crippen molar-refractivity contribution >= 4 is 5.78 Å². The molecule has 0 bridgehead atoms. The van der Waals surface area contributed by atoms with Gasteiger partial charge < -0.3 is 5.73 Å². The summed E-state index contributed by atoms with van der Waals surface area (Å²) < 4.78 is 1.86. The quantitative estimate of drug-likeness (QED) is 0.822. The Morgan fingerprint density at radius 2 is 2.19 bits per heavy atom. The van der Waals surface area contributed by atoms with Crippen molar-refractivity contribution in [2.45, 2.75) is 52.6 Å². The van der Waals surface area contributed by atoms with Gasteiger partial charge in [-0.05, 0) is 33.3 Å². The fraction of sp³-hybridized carbons (Fsp3) is 0.667. The molecule has 4 nitrogen and oxygen atoms in total. The molecule has 1 rings (SSSR count). The Kier molecular flexibility index (Phi) is 3.86. The SMILES string of the molecule is CCn1nc(C)cc1CC(=O)C(C)(N)CC. The van der Waals surface area contributed by atoms with Gasteiger partial charge in [-0.2, -0.15) is 5.10 Å². The first-order valence-electron chi connectivity index (χ1n) is 5.76. The molecule has 0 aliphatic carbocycles. The molecule has 0 aliphatic heterocycles. The molecule has 0 fully saturated rings. The zero-order valence-electron chi connectivity index (χ0n) is 10.6.